The highest BCUT2D eigenvalue weighted by molar-refractivity contribution is 5.98. The summed E-state index contributed by atoms with van der Waals surface area (Å²) in [5.74, 6) is 0.907. The minimum absolute atomic E-state index is 0.100. The first-order valence-electron chi connectivity index (χ1n) is 8.37. The van der Waals surface area contributed by atoms with Crippen LogP contribution in [0, 0.1) is 0 Å². The summed E-state index contributed by atoms with van der Waals surface area (Å²) in [6, 6.07) is 8.79. The predicted molar refractivity (Wildman–Crippen MR) is 89.9 cm³/mol. The minimum Gasteiger partial charge on any atom is -0.497 e. The predicted octanol–water partition coefficient (Wildman–Crippen LogP) is 2.49. The normalized spacial score (nSPS) is 22.5. The number of hydrogen-bond acceptors (Lipinski definition) is 3. The zero-order valence-electron chi connectivity index (χ0n) is 13.7. The van der Waals surface area contributed by atoms with Gasteiger partial charge >= 0.3 is 0 Å². The molecule has 2 heterocycles. The number of nitrogens with zero attached hydrogens (tertiary/aromatic N) is 2. The second-order valence-electron chi connectivity index (χ2n) is 6.71. The lowest BCUT2D eigenvalue weighted by molar-refractivity contribution is 0.0469. The molecule has 1 N–H and O–H groups in total. The topological polar surface area (TPSA) is 48.6 Å². The number of carbonyl (C=O) groups is 1. The van der Waals surface area contributed by atoms with Gasteiger partial charge in [-0.3, -0.25) is 9.69 Å². The number of rotatable bonds is 3. The lowest BCUT2D eigenvalue weighted by atomic mass is 10.1. The average Bonchev–Trinajstić information content (AvgIpc) is 3.32. The van der Waals surface area contributed by atoms with Gasteiger partial charge in [0.2, 0.25) is 0 Å². The molecule has 1 atom stereocenters. The smallest absolute Gasteiger partial charge is 0.270 e. The van der Waals surface area contributed by atoms with Gasteiger partial charge in [0, 0.05) is 42.6 Å². The molecule has 1 aromatic heterocycles. The summed E-state index contributed by atoms with van der Waals surface area (Å²) in [4.78, 5) is 20.7. The molecule has 1 unspecified atom stereocenters. The molecule has 23 heavy (non-hydrogen) atoms. The molecule has 1 saturated heterocycles. The number of nitrogens with one attached hydrogen (secondary N) is 1. The molecule has 0 spiro atoms. The lowest BCUT2D eigenvalue weighted by Gasteiger charge is -2.39. The molecule has 5 nitrogen and oxygen atoms in total. The van der Waals surface area contributed by atoms with Gasteiger partial charge in [0.05, 0.1) is 7.11 Å². The maximum atomic E-state index is 12.9. The van der Waals surface area contributed by atoms with Crippen molar-refractivity contribution in [1.29, 1.82) is 0 Å². The zero-order chi connectivity index (χ0) is 16.0. The van der Waals surface area contributed by atoms with E-state index in [0.29, 0.717) is 5.69 Å². The first kappa shape index (κ1) is 14.6. The summed E-state index contributed by atoms with van der Waals surface area (Å²) >= 11 is 0. The maximum absolute atomic E-state index is 12.9. The van der Waals surface area contributed by atoms with Crippen LogP contribution in [0.4, 0.5) is 0 Å². The van der Waals surface area contributed by atoms with Crippen molar-refractivity contribution >= 4 is 16.8 Å². The van der Waals surface area contributed by atoms with Crippen LogP contribution in [0.5, 0.6) is 5.75 Å². The Morgan fingerprint density at radius 3 is 2.78 bits per heavy atom. The van der Waals surface area contributed by atoms with Gasteiger partial charge in [0.15, 0.2) is 0 Å². The molecule has 1 amide bonds. The van der Waals surface area contributed by atoms with Crippen LogP contribution >= 0.6 is 0 Å². The highest BCUT2D eigenvalue weighted by Gasteiger charge is 2.35. The molecule has 4 rings (SSSR count). The van der Waals surface area contributed by atoms with Crippen LogP contribution in [0.3, 0.4) is 0 Å². The fourth-order valence-electron chi connectivity index (χ4n) is 3.57. The summed E-state index contributed by atoms with van der Waals surface area (Å²) < 4.78 is 5.25. The number of ether oxygens (including phenoxy) is 1. The third kappa shape index (κ3) is 2.70. The highest BCUT2D eigenvalue weighted by Crippen LogP contribution is 2.29. The van der Waals surface area contributed by atoms with E-state index < -0.39 is 0 Å². The van der Waals surface area contributed by atoms with Crippen molar-refractivity contribution in [2.24, 2.45) is 0 Å². The Kier molecular flexibility index (Phi) is 3.53. The van der Waals surface area contributed by atoms with E-state index in [1.165, 1.54) is 12.8 Å². The van der Waals surface area contributed by atoms with Gasteiger partial charge in [-0.05, 0) is 44.0 Å². The van der Waals surface area contributed by atoms with Crippen LogP contribution in [0.2, 0.25) is 0 Å². The molecule has 2 aliphatic rings. The molecular weight excluding hydrogens is 290 g/mol. The van der Waals surface area contributed by atoms with E-state index in [2.05, 4.69) is 16.8 Å². The SMILES string of the molecule is COc1ccc2[nH]c(C(=O)N3CCN(C4CC4)CC3C)cc2c1. The van der Waals surface area contributed by atoms with Gasteiger partial charge in [0.25, 0.3) is 5.91 Å². The molecule has 1 saturated carbocycles. The molecule has 1 aromatic carbocycles. The largest absolute Gasteiger partial charge is 0.497 e. The van der Waals surface area contributed by atoms with Crippen LogP contribution in [0.15, 0.2) is 24.3 Å². The zero-order valence-corrected chi connectivity index (χ0v) is 13.7. The van der Waals surface area contributed by atoms with Crippen LogP contribution in [-0.4, -0.2) is 59.5 Å². The highest BCUT2D eigenvalue weighted by atomic mass is 16.5. The average molecular weight is 313 g/mol. The quantitative estimate of drug-likeness (QED) is 0.947. The number of piperazine rings is 1. The minimum atomic E-state index is 0.100. The summed E-state index contributed by atoms with van der Waals surface area (Å²) in [6.07, 6.45) is 2.65. The van der Waals surface area contributed by atoms with E-state index in [-0.39, 0.29) is 11.9 Å². The van der Waals surface area contributed by atoms with Gasteiger partial charge in [-0.1, -0.05) is 0 Å². The van der Waals surface area contributed by atoms with E-state index in [9.17, 15) is 4.79 Å². The molecular formula is C18H23N3O2. The second-order valence-corrected chi connectivity index (χ2v) is 6.71. The summed E-state index contributed by atoms with van der Waals surface area (Å²) in [6.45, 7) is 4.95. The number of carbonyl (C=O) groups excluding carboxylic acids is 1. The standard InChI is InChI=1S/C18H23N3O2/c1-12-11-20(14-3-4-14)7-8-21(12)18(22)17-10-13-9-15(23-2)5-6-16(13)19-17/h5-6,9-10,12,14,19H,3-4,7-8,11H2,1-2H3. The van der Waals surface area contributed by atoms with E-state index in [0.717, 1.165) is 42.3 Å². The molecule has 5 heteroatoms. The molecule has 122 valence electrons. The van der Waals surface area contributed by atoms with Crippen molar-refractivity contribution in [3.05, 3.63) is 30.0 Å². The van der Waals surface area contributed by atoms with Crippen molar-refractivity contribution in [3.8, 4) is 5.75 Å². The monoisotopic (exact) mass is 313 g/mol. The van der Waals surface area contributed by atoms with Crippen molar-refractivity contribution in [2.75, 3.05) is 26.7 Å². The van der Waals surface area contributed by atoms with E-state index in [1.54, 1.807) is 7.11 Å². The fraction of sp³-hybridized carbons (Fsp3) is 0.500. The molecule has 1 aliphatic carbocycles. The van der Waals surface area contributed by atoms with Crippen molar-refractivity contribution in [3.63, 3.8) is 0 Å². The Bertz CT molecular complexity index is 735. The second kappa shape index (κ2) is 5.57. The number of hydrogen-bond donors (Lipinski definition) is 1. The van der Waals surface area contributed by atoms with E-state index in [4.69, 9.17) is 4.74 Å². The van der Waals surface area contributed by atoms with Crippen molar-refractivity contribution in [2.45, 2.75) is 31.8 Å². The van der Waals surface area contributed by atoms with Crippen LogP contribution in [0.25, 0.3) is 10.9 Å². The Labute approximate surface area is 136 Å². The number of amides is 1. The third-order valence-corrected chi connectivity index (χ3v) is 5.04. The van der Waals surface area contributed by atoms with Gasteiger partial charge in [-0.2, -0.15) is 0 Å². The number of aromatic amines is 1. The first-order chi connectivity index (χ1) is 11.2. The first-order valence-corrected chi connectivity index (χ1v) is 8.37. The number of aromatic nitrogens is 1. The van der Waals surface area contributed by atoms with Gasteiger partial charge in [0.1, 0.15) is 11.4 Å². The summed E-state index contributed by atoms with van der Waals surface area (Å²) in [5.41, 5.74) is 1.64. The van der Waals surface area contributed by atoms with Gasteiger partial charge in [-0.15, -0.1) is 0 Å². The van der Waals surface area contributed by atoms with E-state index in [1.807, 2.05) is 29.2 Å². The fourth-order valence-corrected chi connectivity index (χ4v) is 3.57. The van der Waals surface area contributed by atoms with Gasteiger partial charge in [-0.25, -0.2) is 0 Å². The summed E-state index contributed by atoms with van der Waals surface area (Å²) in [7, 11) is 1.65. The van der Waals surface area contributed by atoms with Crippen molar-refractivity contribution < 1.29 is 9.53 Å². The van der Waals surface area contributed by atoms with Crippen LogP contribution in [-0.2, 0) is 0 Å². The maximum Gasteiger partial charge on any atom is 0.270 e. The molecule has 2 aromatic rings. The molecule has 2 fully saturated rings. The Hall–Kier alpha value is -2.01. The van der Waals surface area contributed by atoms with Crippen LogP contribution < -0.4 is 4.74 Å². The number of fused-ring (bicyclic) bond motifs is 1. The summed E-state index contributed by atoms with van der Waals surface area (Å²) in [5, 5.41) is 1.01. The molecule has 0 radical (unpaired) electrons. The molecule has 0 bridgehead atoms. The Morgan fingerprint density at radius 2 is 2.09 bits per heavy atom. The van der Waals surface area contributed by atoms with Crippen molar-refractivity contribution in [1.82, 2.24) is 14.8 Å². The van der Waals surface area contributed by atoms with Gasteiger partial charge < -0.3 is 14.6 Å². The Balaban J connectivity index is 1.54. The number of H-pyrrole nitrogens is 1. The lowest BCUT2D eigenvalue weighted by Crippen LogP contribution is -2.54. The number of methoxy groups -OCH3 is 1. The van der Waals surface area contributed by atoms with Crippen LogP contribution in [0.1, 0.15) is 30.3 Å². The Morgan fingerprint density at radius 1 is 1.26 bits per heavy atom. The number of benzene rings is 1. The van der Waals surface area contributed by atoms with E-state index >= 15 is 0 Å². The molecule has 1 aliphatic heterocycles. The third-order valence-electron chi connectivity index (χ3n) is 5.04.